The molecule has 0 saturated heterocycles. The highest BCUT2D eigenvalue weighted by Crippen LogP contribution is 2.35. The quantitative estimate of drug-likeness (QED) is 0.699. The number of rotatable bonds is 5. The number of alkyl halides is 3. The van der Waals surface area contributed by atoms with E-state index in [1.165, 1.54) is 18.2 Å². The summed E-state index contributed by atoms with van der Waals surface area (Å²) in [4.78, 5) is 12.4. The minimum absolute atomic E-state index is 0.0920. The van der Waals surface area contributed by atoms with Crippen LogP contribution in [0.15, 0.2) is 54.9 Å². The van der Waals surface area contributed by atoms with E-state index in [4.69, 9.17) is 0 Å². The number of nitrogens with zero attached hydrogens (tertiary/aromatic N) is 3. The molecule has 0 aliphatic heterocycles. The molecule has 8 heteroatoms. The van der Waals surface area contributed by atoms with Crippen molar-refractivity contribution in [3.63, 3.8) is 0 Å². The number of nitrogens with one attached hydrogen (secondary N) is 2. The minimum Gasteiger partial charge on any atom is -0.366 e. The molecular weight excluding hydrogens is 343 g/mol. The van der Waals surface area contributed by atoms with Gasteiger partial charge < -0.3 is 10.6 Å². The van der Waals surface area contributed by atoms with Gasteiger partial charge in [0, 0.05) is 30.7 Å². The van der Waals surface area contributed by atoms with Crippen LogP contribution in [0.3, 0.4) is 0 Å². The smallest absolute Gasteiger partial charge is 0.366 e. The molecular formula is C18H16F3N5. The topological polar surface area (TPSA) is 62.7 Å². The minimum atomic E-state index is -4.46. The van der Waals surface area contributed by atoms with Gasteiger partial charge in [-0.3, -0.25) is 4.98 Å². The van der Waals surface area contributed by atoms with Gasteiger partial charge in [0.2, 0.25) is 5.95 Å². The standard InChI is InChI=1S/C18H16F3N5/c1-12-10-16(23-11-13-6-8-22-9-7-13)26-17(24-12)25-15-5-3-2-4-14(15)18(19,20)21/h2-10H,11H2,1H3,(H2,23,24,25,26). The van der Waals surface area contributed by atoms with Gasteiger partial charge in [-0.05, 0) is 36.8 Å². The molecule has 2 heterocycles. The van der Waals surface area contributed by atoms with E-state index >= 15 is 0 Å². The van der Waals surface area contributed by atoms with E-state index in [-0.39, 0.29) is 11.6 Å². The van der Waals surface area contributed by atoms with Crippen LogP contribution < -0.4 is 10.6 Å². The molecule has 2 aromatic heterocycles. The largest absolute Gasteiger partial charge is 0.418 e. The Hall–Kier alpha value is -3.16. The summed E-state index contributed by atoms with van der Waals surface area (Å²) in [5.74, 6) is 0.611. The highest BCUT2D eigenvalue weighted by molar-refractivity contribution is 5.60. The zero-order valence-corrected chi connectivity index (χ0v) is 13.9. The summed E-state index contributed by atoms with van der Waals surface area (Å²) in [6, 6.07) is 10.7. The Morgan fingerprint density at radius 3 is 2.46 bits per heavy atom. The third-order valence-electron chi connectivity index (χ3n) is 3.56. The van der Waals surface area contributed by atoms with Crippen LogP contribution in [-0.4, -0.2) is 15.0 Å². The van der Waals surface area contributed by atoms with E-state index in [1.54, 1.807) is 25.4 Å². The van der Waals surface area contributed by atoms with Gasteiger partial charge in [-0.1, -0.05) is 12.1 Å². The lowest BCUT2D eigenvalue weighted by molar-refractivity contribution is -0.136. The van der Waals surface area contributed by atoms with Gasteiger partial charge in [0.15, 0.2) is 0 Å². The van der Waals surface area contributed by atoms with Crippen LogP contribution in [0.25, 0.3) is 0 Å². The monoisotopic (exact) mass is 359 g/mol. The molecule has 0 unspecified atom stereocenters. The predicted molar refractivity (Wildman–Crippen MR) is 93.1 cm³/mol. The lowest BCUT2D eigenvalue weighted by Crippen LogP contribution is -2.10. The summed E-state index contributed by atoms with van der Waals surface area (Å²) in [7, 11) is 0. The third-order valence-corrected chi connectivity index (χ3v) is 3.56. The molecule has 1 aromatic carbocycles. The first kappa shape index (κ1) is 17.7. The maximum atomic E-state index is 13.1. The molecule has 0 fully saturated rings. The average molecular weight is 359 g/mol. The first-order valence-electron chi connectivity index (χ1n) is 7.83. The van der Waals surface area contributed by atoms with E-state index in [0.29, 0.717) is 18.1 Å². The molecule has 0 aliphatic rings. The number of halogens is 3. The number of aryl methyl sites for hydroxylation is 1. The molecule has 0 bridgehead atoms. The summed E-state index contributed by atoms with van der Waals surface area (Å²) < 4.78 is 39.4. The Morgan fingerprint density at radius 2 is 1.73 bits per heavy atom. The van der Waals surface area contributed by atoms with Crippen LogP contribution in [0, 0.1) is 6.92 Å². The second-order valence-electron chi connectivity index (χ2n) is 5.60. The molecule has 0 radical (unpaired) electrons. The van der Waals surface area contributed by atoms with Crippen molar-refractivity contribution >= 4 is 17.5 Å². The molecule has 0 aliphatic carbocycles. The van der Waals surface area contributed by atoms with Crippen molar-refractivity contribution in [3.8, 4) is 0 Å². The van der Waals surface area contributed by atoms with E-state index in [9.17, 15) is 13.2 Å². The van der Waals surface area contributed by atoms with E-state index in [0.717, 1.165) is 11.6 Å². The Balaban J connectivity index is 1.80. The van der Waals surface area contributed by atoms with Crippen molar-refractivity contribution in [2.75, 3.05) is 10.6 Å². The van der Waals surface area contributed by atoms with Crippen molar-refractivity contribution in [2.45, 2.75) is 19.6 Å². The fraction of sp³-hybridized carbons (Fsp3) is 0.167. The van der Waals surface area contributed by atoms with Gasteiger partial charge >= 0.3 is 6.18 Å². The lowest BCUT2D eigenvalue weighted by atomic mass is 10.1. The highest BCUT2D eigenvalue weighted by Gasteiger charge is 2.33. The van der Waals surface area contributed by atoms with Crippen LogP contribution >= 0.6 is 0 Å². The number of para-hydroxylation sites is 1. The maximum Gasteiger partial charge on any atom is 0.418 e. The second-order valence-corrected chi connectivity index (χ2v) is 5.60. The van der Waals surface area contributed by atoms with Crippen LogP contribution in [0.1, 0.15) is 16.8 Å². The van der Waals surface area contributed by atoms with Crippen LogP contribution in [0.5, 0.6) is 0 Å². The summed E-state index contributed by atoms with van der Waals surface area (Å²) >= 11 is 0. The van der Waals surface area contributed by atoms with Gasteiger partial charge in [0.1, 0.15) is 5.82 Å². The Morgan fingerprint density at radius 1 is 1.00 bits per heavy atom. The molecule has 134 valence electrons. The number of aromatic nitrogens is 3. The Bertz CT molecular complexity index is 881. The number of hydrogen-bond acceptors (Lipinski definition) is 5. The molecule has 3 rings (SSSR count). The fourth-order valence-electron chi connectivity index (χ4n) is 2.37. The predicted octanol–water partition coefficient (Wildman–Crippen LogP) is 4.55. The number of hydrogen-bond donors (Lipinski definition) is 2. The number of anilines is 3. The second kappa shape index (κ2) is 7.38. The maximum absolute atomic E-state index is 13.1. The fourth-order valence-corrected chi connectivity index (χ4v) is 2.37. The van der Waals surface area contributed by atoms with Gasteiger partial charge in [-0.2, -0.15) is 18.2 Å². The van der Waals surface area contributed by atoms with Crippen LogP contribution in [0.4, 0.5) is 30.6 Å². The van der Waals surface area contributed by atoms with Crippen molar-refractivity contribution in [2.24, 2.45) is 0 Å². The first-order valence-corrected chi connectivity index (χ1v) is 7.83. The SMILES string of the molecule is Cc1cc(NCc2ccncc2)nc(Nc2ccccc2C(F)(F)F)n1. The van der Waals surface area contributed by atoms with Crippen molar-refractivity contribution < 1.29 is 13.2 Å². The molecule has 26 heavy (non-hydrogen) atoms. The number of pyridine rings is 1. The zero-order valence-electron chi connectivity index (χ0n) is 13.9. The Labute approximate surface area is 148 Å². The average Bonchev–Trinajstić information content (AvgIpc) is 2.60. The molecule has 0 atom stereocenters. The Kier molecular flexibility index (Phi) is 5.01. The normalized spacial score (nSPS) is 11.2. The van der Waals surface area contributed by atoms with Gasteiger partial charge in [0.25, 0.3) is 0 Å². The van der Waals surface area contributed by atoms with Crippen LogP contribution in [0.2, 0.25) is 0 Å². The van der Waals surface area contributed by atoms with Crippen molar-refractivity contribution in [3.05, 3.63) is 71.7 Å². The van der Waals surface area contributed by atoms with E-state index in [2.05, 4.69) is 25.6 Å². The molecule has 0 amide bonds. The van der Waals surface area contributed by atoms with Gasteiger partial charge in [-0.15, -0.1) is 0 Å². The third kappa shape index (κ3) is 4.47. The summed E-state index contributed by atoms with van der Waals surface area (Å²) in [5.41, 5.74) is 0.777. The van der Waals surface area contributed by atoms with Crippen molar-refractivity contribution in [1.29, 1.82) is 0 Å². The van der Waals surface area contributed by atoms with Crippen LogP contribution in [-0.2, 0) is 12.7 Å². The van der Waals surface area contributed by atoms with Crippen molar-refractivity contribution in [1.82, 2.24) is 15.0 Å². The van der Waals surface area contributed by atoms with Gasteiger partial charge in [-0.25, -0.2) is 4.98 Å². The zero-order chi connectivity index (χ0) is 18.6. The van der Waals surface area contributed by atoms with E-state index in [1.807, 2.05) is 12.1 Å². The molecule has 5 nitrogen and oxygen atoms in total. The molecule has 2 N–H and O–H groups in total. The summed E-state index contributed by atoms with van der Waals surface area (Å²) in [5, 5.41) is 5.80. The van der Waals surface area contributed by atoms with Gasteiger partial charge in [0.05, 0.1) is 11.3 Å². The molecule has 0 spiro atoms. The number of benzene rings is 1. The molecule has 0 saturated carbocycles. The molecule has 3 aromatic rings. The first-order chi connectivity index (χ1) is 12.4. The summed E-state index contributed by atoms with van der Waals surface area (Å²) in [6.45, 7) is 2.26. The lowest BCUT2D eigenvalue weighted by Gasteiger charge is -2.14. The summed E-state index contributed by atoms with van der Waals surface area (Å²) in [6.07, 6.45) is -1.09. The highest BCUT2D eigenvalue weighted by atomic mass is 19.4. The van der Waals surface area contributed by atoms with E-state index < -0.39 is 11.7 Å².